The van der Waals surface area contributed by atoms with Gasteiger partial charge in [0.1, 0.15) is 6.10 Å². The van der Waals surface area contributed by atoms with Crippen LogP contribution in [-0.4, -0.2) is 45.0 Å². The third-order valence-corrected chi connectivity index (χ3v) is 4.49. The molecule has 0 bridgehead atoms. The minimum absolute atomic E-state index is 0.0260. The SMILES string of the molecule is O=C(CCN1Cc2ccccc2C1=O)Nc1n[nH]c(C2CCCO2)n1. The lowest BCUT2D eigenvalue weighted by atomic mass is 10.1. The number of anilines is 1. The fraction of sp³-hybridized carbons (Fsp3) is 0.412. The average molecular weight is 341 g/mol. The summed E-state index contributed by atoms with van der Waals surface area (Å²) in [5.74, 6) is 0.633. The molecule has 1 aromatic heterocycles. The van der Waals surface area contributed by atoms with E-state index >= 15 is 0 Å². The molecule has 0 radical (unpaired) electrons. The highest BCUT2D eigenvalue weighted by atomic mass is 16.5. The maximum Gasteiger partial charge on any atom is 0.254 e. The van der Waals surface area contributed by atoms with Crippen LogP contribution in [0, 0.1) is 0 Å². The number of fused-ring (bicyclic) bond motifs is 1. The molecule has 2 aliphatic rings. The van der Waals surface area contributed by atoms with E-state index in [4.69, 9.17) is 4.74 Å². The highest BCUT2D eigenvalue weighted by Gasteiger charge is 2.27. The largest absolute Gasteiger partial charge is 0.370 e. The van der Waals surface area contributed by atoms with Gasteiger partial charge >= 0.3 is 0 Å². The summed E-state index contributed by atoms with van der Waals surface area (Å²) < 4.78 is 5.52. The van der Waals surface area contributed by atoms with Crippen molar-refractivity contribution in [3.8, 4) is 0 Å². The summed E-state index contributed by atoms with van der Waals surface area (Å²) in [7, 11) is 0. The molecule has 2 aromatic rings. The summed E-state index contributed by atoms with van der Waals surface area (Å²) in [5.41, 5.74) is 1.72. The number of nitrogens with zero attached hydrogens (tertiary/aromatic N) is 3. The van der Waals surface area contributed by atoms with Crippen LogP contribution in [0.5, 0.6) is 0 Å². The molecule has 0 spiro atoms. The summed E-state index contributed by atoms with van der Waals surface area (Å²) in [6.45, 7) is 1.63. The number of hydrogen-bond donors (Lipinski definition) is 2. The first-order valence-corrected chi connectivity index (χ1v) is 8.41. The van der Waals surface area contributed by atoms with Crippen molar-refractivity contribution in [2.24, 2.45) is 0 Å². The molecule has 0 saturated carbocycles. The van der Waals surface area contributed by atoms with E-state index in [-0.39, 0.29) is 30.3 Å². The Morgan fingerprint density at radius 1 is 1.40 bits per heavy atom. The number of amides is 2. The topological polar surface area (TPSA) is 100 Å². The normalized spacial score (nSPS) is 19.3. The molecule has 3 heterocycles. The molecule has 4 rings (SSSR count). The number of benzene rings is 1. The number of aromatic amines is 1. The molecular formula is C17H19N5O3. The Hall–Kier alpha value is -2.74. The summed E-state index contributed by atoms with van der Waals surface area (Å²) in [4.78, 5) is 30.3. The zero-order valence-corrected chi connectivity index (χ0v) is 13.7. The van der Waals surface area contributed by atoms with Crippen LogP contribution in [0.2, 0.25) is 0 Å². The van der Waals surface area contributed by atoms with Gasteiger partial charge in [-0.2, -0.15) is 4.98 Å². The van der Waals surface area contributed by atoms with Gasteiger partial charge in [0.25, 0.3) is 5.91 Å². The van der Waals surface area contributed by atoms with E-state index in [1.54, 1.807) is 4.90 Å². The van der Waals surface area contributed by atoms with Crippen LogP contribution in [0.15, 0.2) is 24.3 Å². The quantitative estimate of drug-likeness (QED) is 0.861. The van der Waals surface area contributed by atoms with Crippen molar-refractivity contribution >= 4 is 17.8 Å². The first kappa shape index (κ1) is 15.8. The smallest absolute Gasteiger partial charge is 0.254 e. The molecule has 2 amide bonds. The Morgan fingerprint density at radius 3 is 3.08 bits per heavy atom. The summed E-state index contributed by atoms with van der Waals surface area (Å²) in [5, 5.41) is 9.46. The molecule has 130 valence electrons. The van der Waals surface area contributed by atoms with Gasteiger partial charge in [-0.25, -0.2) is 0 Å². The second-order valence-corrected chi connectivity index (χ2v) is 6.23. The Labute approximate surface area is 144 Å². The lowest BCUT2D eigenvalue weighted by molar-refractivity contribution is -0.116. The van der Waals surface area contributed by atoms with E-state index in [1.807, 2.05) is 24.3 Å². The molecule has 8 heteroatoms. The van der Waals surface area contributed by atoms with Crippen LogP contribution < -0.4 is 5.32 Å². The van der Waals surface area contributed by atoms with E-state index in [0.717, 1.165) is 30.6 Å². The number of rotatable bonds is 5. The van der Waals surface area contributed by atoms with Gasteiger partial charge < -0.3 is 9.64 Å². The van der Waals surface area contributed by atoms with Crippen molar-refractivity contribution in [1.29, 1.82) is 0 Å². The van der Waals surface area contributed by atoms with Crippen LogP contribution in [0.1, 0.15) is 47.1 Å². The van der Waals surface area contributed by atoms with E-state index in [9.17, 15) is 9.59 Å². The molecule has 25 heavy (non-hydrogen) atoms. The first-order chi connectivity index (χ1) is 12.2. The van der Waals surface area contributed by atoms with Crippen molar-refractivity contribution in [1.82, 2.24) is 20.1 Å². The Kier molecular flexibility index (Phi) is 4.19. The zero-order chi connectivity index (χ0) is 17.2. The van der Waals surface area contributed by atoms with Gasteiger partial charge in [-0.3, -0.25) is 20.0 Å². The van der Waals surface area contributed by atoms with E-state index < -0.39 is 0 Å². The molecule has 0 aliphatic carbocycles. The van der Waals surface area contributed by atoms with Crippen molar-refractivity contribution in [2.75, 3.05) is 18.5 Å². The number of nitrogens with one attached hydrogen (secondary N) is 2. The molecule has 1 aromatic carbocycles. The highest BCUT2D eigenvalue weighted by molar-refractivity contribution is 5.98. The summed E-state index contributed by atoms with van der Waals surface area (Å²) in [6.07, 6.45) is 2.03. The molecule has 1 saturated heterocycles. The highest BCUT2D eigenvalue weighted by Crippen LogP contribution is 2.26. The van der Waals surface area contributed by atoms with Gasteiger partial charge in [-0.05, 0) is 24.5 Å². The van der Waals surface area contributed by atoms with Gasteiger partial charge in [0, 0.05) is 31.7 Å². The third kappa shape index (κ3) is 3.25. The maximum atomic E-state index is 12.3. The Morgan fingerprint density at radius 2 is 2.28 bits per heavy atom. The minimum atomic E-state index is -0.221. The average Bonchev–Trinajstić information content (AvgIpc) is 3.34. The predicted octanol–water partition coefficient (Wildman–Crippen LogP) is 1.64. The van der Waals surface area contributed by atoms with Crippen molar-refractivity contribution in [3.05, 3.63) is 41.2 Å². The van der Waals surface area contributed by atoms with Gasteiger partial charge in [0.2, 0.25) is 11.9 Å². The fourth-order valence-corrected chi connectivity index (χ4v) is 3.19. The number of aromatic nitrogens is 3. The van der Waals surface area contributed by atoms with Gasteiger partial charge in [0.15, 0.2) is 5.82 Å². The maximum absolute atomic E-state index is 12.3. The lowest BCUT2D eigenvalue weighted by Gasteiger charge is -2.14. The zero-order valence-electron chi connectivity index (χ0n) is 13.7. The lowest BCUT2D eigenvalue weighted by Crippen LogP contribution is -2.28. The van der Waals surface area contributed by atoms with Crippen LogP contribution in [0.3, 0.4) is 0 Å². The number of ether oxygens (including phenoxy) is 1. The minimum Gasteiger partial charge on any atom is -0.370 e. The van der Waals surface area contributed by atoms with Crippen LogP contribution in [0.4, 0.5) is 5.95 Å². The van der Waals surface area contributed by atoms with E-state index in [0.29, 0.717) is 18.9 Å². The fourth-order valence-electron chi connectivity index (χ4n) is 3.19. The Bertz CT molecular complexity index is 797. The summed E-state index contributed by atoms with van der Waals surface area (Å²) >= 11 is 0. The number of carbonyl (C=O) groups is 2. The standard InChI is InChI=1S/C17H19N5O3/c23-14(18-17-19-15(20-21-17)13-6-3-9-25-13)7-8-22-10-11-4-1-2-5-12(11)16(22)24/h1-2,4-5,13H,3,6-10H2,(H2,18,19,20,21,23). The van der Waals surface area contributed by atoms with Crippen molar-refractivity contribution in [2.45, 2.75) is 31.9 Å². The van der Waals surface area contributed by atoms with Gasteiger partial charge in [-0.15, -0.1) is 5.10 Å². The molecule has 2 N–H and O–H groups in total. The second-order valence-electron chi connectivity index (χ2n) is 6.23. The summed E-state index contributed by atoms with van der Waals surface area (Å²) in [6, 6.07) is 7.52. The van der Waals surface area contributed by atoms with Crippen LogP contribution in [-0.2, 0) is 16.1 Å². The van der Waals surface area contributed by atoms with Gasteiger partial charge in [0.05, 0.1) is 0 Å². The third-order valence-electron chi connectivity index (χ3n) is 4.49. The molecule has 8 nitrogen and oxygen atoms in total. The van der Waals surface area contributed by atoms with Crippen molar-refractivity contribution in [3.63, 3.8) is 0 Å². The monoisotopic (exact) mass is 341 g/mol. The number of H-pyrrole nitrogens is 1. The first-order valence-electron chi connectivity index (χ1n) is 8.41. The Balaban J connectivity index is 1.29. The van der Waals surface area contributed by atoms with Crippen LogP contribution in [0.25, 0.3) is 0 Å². The molecular weight excluding hydrogens is 322 g/mol. The van der Waals surface area contributed by atoms with E-state index in [1.165, 1.54) is 0 Å². The van der Waals surface area contributed by atoms with Crippen LogP contribution >= 0.6 is 0 Å². The van der Waals surface area contributed by atoms with E-state index in [2.05, 4.69) is 20.5 Å². The molecule has 2 aliphatic heterocycles. The predicted molar refractivity (Wildman–Crippen MR) is 88.7 cm³/mol. The van der Waals surface area contributed by atoms with Crippen molar-refractivity contribution < 1.29 is 14.3 Å². The molecule has 1 unspecified atom stereocenters. The van der Waals surface area contributed by atoms with Gasteiger partial charge in [-0.1, -0.05) is 18.2 Å². The number of carbonyl (C=O) groups excluding carboxylic acids is 2. The molecule has 1 atom stereocenters. The molecule has 1 fully saturated rings. The second kappa shape index (κ2) is 6.64. The number of hydrogen-bond acceptors (Lipinski definition) is 5.